The van der Waals surface area contributed by atoms with Crippen molar-refractivity contribution in [2.45, 2.75) is 19.3 Å². The number of furan rings is 1. The van der Waals surface area contributed by atoms with Gasteiger partial charge in [0.15, 0.2) is 17.5 Å². The van der Waals surface area contributed by atoms with Gasteiger partial charge in [-0.05, 0) is 99.1 Å². The lowest BCUT2D eigenvalue weighted by atomic mass is 9.82. The van der Waals surface area contributed by atoms with Gasteiger partial charge in [0.1, 0.15) is 11.2 Å². The maximum Gasteiger partial charge on any atom is 0.164 e. The van der Waals surface area contributed by atoms with Crippen molar-refractivity contribution in [3.8, 4) is 67.5 Å². The van der Waals surface area contributed by atoms with Crippen LogP contribution < -0.4 is 0 Å². The summed E-state index contributed by atoms with van der Waals surface area (Å²) in [5.74, 6) is 1.87. The number of thiophene rings is 2. The summed E-state index contributed by atoms with van der Waals surface area (Å²) in [6.45, 7) is 4.66. The zero-order valence-electron chi connectivity index (χ0n) is 36.0. The molecule has 0 radical (unpaired) electrons. The lowest BCUT2D eigenvalue weighted by molar-refractivity contribution is 0.660. The Morgan fingerprint density at radius 3 is 1.77 bits per heavy atom. The van der Waals surface area contributed by atoms with E-state index in [2.05, 4.69) is 190 Å². The zero-order valence-corrected chi connectivity index (χ0v) is 37.6. The van der Waals surface area contributed by atoms with Crippen molar-refractivity contribution in [3.63, 3.8) is 0 Å². The van der Waals surface area contributed by atoms with Gasteiger partial charge in [0.2, 0.25) is 0 Å². The van der Waals surface area contributed by atoms with E-state index in [-0.39, 0.29) is 5.41 Å². The van der Waals surface area contributed by atoms with Crippen molar-refractivity contribution in [1.29, 1.82) is 0 Å². The molecule has 9 aromatic carbocycles. The van der Waals surface area contributed by atoms with Crippen LogP contribution in [0.25, 0.3) is 130 Å². The third kappa shape index (κ3) is 5.65. The Balaban J connectivity index is 0.934. The van der Waals surface area contributed by atoms with Gasteiger partial charge in [-0.15, -0.1) is 22.7 Å². The fraction of sp³-hybridized carbons (Fsp3) is 0.0500. The summed E-state index contributed by atoms with van der Waals surface area (Å²) >= 11 is 3.60. The zero-order chi connectivity index (χ0) is 43.7. The number of fused-ring (bicyclic) bond motifs is 12. The fourth-order valence-electron chi connectivity index (χ4n) is 10.5. The highest BCUT2D eigenvalue weighted by atomic mass is 32.1. The highest BCUT2D eigenvalue weighted by Crippen LogP contribution is 2.50. The molecule has 1 aliphatic rings. The van der Waals surface area contributed by atoms with Gasteiger partial charge in [-0.1, -0.05) is 147 Å². The fourth-order valence-corrected chi connectivity index (χ4v) is 12.8. The highest BCUT2D eigenvalue weighted by Gasteiger charge is 2.35. The molecule has 13 aromatic rings. The van der Waals surface area contributed by atoms with Gasteiger partial charge in [-0.2, -0.15) is 0 Å². The van der Waals surface area contributed by atoms with E-state index in [0.717, 1.165) is 55.1 Å². The average Bonchev–Trinajstić information content (AvgIpc) is 4.11. The molecule has 14 rings (SSSR count). The molecule has 310 valence electrons. The summed E-state index contributed by atoms with van der Waals surface area (Å²) in [6, 6.07) is 67.7. The summed E-state index contributed by atoms with van der Waals surface area (Å²) in [7, 11) is 0. The molecule has 4 nitrogen and oxygen atoms in total. The molecule has 0 unspecified atom stereocenters. The Kier molecular flexibility index (Phi) is 8.04. The first kappa shape index (κ1) is 37.6. The minimum absolute atomic E-state index is 0.0285. The Hall–Kier alpha value is -7.77. The van der Waals surface area contributed by atoms with Crippen LogP contribution in [0.5, 0.6) is 0 Å². The van der Waals surface area contributed by atoms with Crippen molar-refractivity contribution < 1.29 is 4.42 Å². The van der Waals surface area contributed by atoms with Crippen LogP contribution in [0.1, 0.15) is 25.0 Å². The SMILES string of the molecule is CC1(C)c2ccccc2-c2cc(-c3cccc(-c4ccc5oc6cccc(-c7nc(-c8ccc9c(c8)sc8ccccc89)nc(-c8cccc9sc%10ccccc%10c89)n7)c6c5c4)c3)ccc21. The first-order valence-corrected chi connectivity index (χ1v) is 24.0. The Labute approximate surface area is 388 Å². The van der Waals surface area contributed by atoms with E-state index in [4.69, 9.17) is 19.4 Å². The molecule has 4 heterocycles. The van der Waals surface area contributed by atoms with Gasteiger partial charge in [0, 0.05) is 73.2 Å². The third-order valence-electron chi connectivity index (χ3n) is 13.8. The topological polar surface area (TPSA) is 51.8 Å². The predicted molar refractivity (Wildman–Crippen MR) is 278 cm³/mol. The minimum atomic E-state index is -0.0285. The summed E-state index contributed by atoms with van der Waals surface area (Å²) in [4.78, 5) is 16.0. The summed E-state index contributed by atoms with van der Waals surface area (Å²) < 4.78 is 11.5. The van der Waals surface area contributed by atoms with E-state index in [9.17, 15) is 0 Å². The molecule has 0 fully saturated rings. The van der Waals surface area contributed by atoms with Crippen LogP contribution in [-0.2, 0) is 5.41 Å². The van der Waals surface area contributed by atoms with Gasteiger partial charge >= 0.3 is 0 Å². The molecule has 66 heavy (non-hydrogen) atoms. The van der Waals surface area contributed by atoms with Gasteiger partial charge < -0.3 is 4.42 Å². The van der Waals surface area contributed by atoms with Crippen molar-refractivity contribution in [3.05, 3.63) is 199 Å². The van der Waals surface area contributed by atoms with Crippen LogP contribution in [0.4, 0.5) is 0 Å². The number of hydrogen-bond donors (Lipinski definition) is 0. The lowest BCUT2D eigenvalue weighted by Crippen LogP contribution is -2.14. The van der Waals surface area contributed by atoms with E-state index in [1.165, 1.54) is 68.3 Å². The van der Waals surface area contributed by atoms with E-state index >= 15 is 0 Å². The van der Waals surface area contributed by atoms with Crippen LogP contribution in [0.2, 0.25) is 0 Å². The standard InChI is InChI=1S/C60H37N3OS2/c1-60(2)47-19-6-3-14-39(47)45-31-36(25-28-48(45)60)34-12-9-13-35(30-34)37-26-29-49-46(32-37)55-43(17-10-20-50(55)64-49)58-61-57(38-24-27-41-40-15-4-7-21-51(40)66-54(41)33-38)62-59(63-58)44-18-11-23-53-56(44)42-16-5-8-22-52(42)65-53/h3-33H,1-2H3. The van der Waals surface area contributed by atoms with Crippen molar-refractivity contribution in [2.24, 2.45) is 0 Å². The smallest absolute Gasteiger partial charge is 0.164 e. The van der Waals surface area contributed by atoms with E-state index in [0.29, 0.717) is 17.5 Å². The molecule has 6 heteroatoms. The molecule has 0 aliphatic heterocycles. The second kappa shape index (κ2) is 14.1. The average molecular weight is 880 g/mol. The van der Waals surface area contributed by atoms with Crippen LogP contribution >= 0.6 is 22.7 Å². The molecule has 1 aliphatic carbocycles. The van der Waals surface area contributed by atoms with Gasteiger partial charge in [0.05, 0.1) is 0 Å². The number of aromatic nitrogens is 3. The first-order chi connectivity index (χ1) is 32.4. The largest absolute Gasteiger partial charge is 0.456 e. The highest BCUT2D eigenvalue weighted by molar-refractivity contribution is 7.26. The molecule has 0 saturated carbocycles. The second-order valence-corrected chi connectivity index (χ2v) is 20.1. The molecule has 0 bridgehead atoms. The number of nitrogens with zero attached hydrogens (tertiary/aromatic N) is 3. The predicted octanol–water partition coefficient (Wildman–Crippen LogP) is 17.1. The molecule has 4 aromatic heterocycles. The van der Waals surface area contributed by atoms with Crippen molar-refractivity contribution in [2.75, 3.05) is 0 Å². The Bertz CT molecular complexity index is 4170. The van der Waals surface area contributed by atoms with Crippen LogP contribution in [0.15, 0.2) is 192 Å². The minimum Gasteiger partial charge on any atom is -0.456 e. The monoisotopic (exact) mass is 879 g/mol. The second-order valence-electron chi connectivity index (χ2n) is 17.9. The molecule has 0 saturated heterocycles. The summed E-state index contributed by atoms with van der Waals surface area (Å²) in [6.07, 6.45) is 0. The third-order valence-corrected chi connectivity index (χ3v) is 16.0. The van der Waals surface area contributed by atoms with Crippen LogP contribution in [0.3, 0.4) is 0 Å². The lowest BCUT2D eigenvalue weighted by Gasteiger charge is -2.21. The molecule has 0 amide bonds. The summed E-state index contributed by atoms with van der Waals surface area (Å²) in [5, 5.41) is 6.86. The maximum absolute atomic E-state index is 6.62. The number of hydrogen-bond acceptors (Lipinski definition) is 6. The number of rotatable bonds is 5. The van der Waals surface area contributed by atoms with Crippen LogP contribution in [-0.4, -0.2) is 15.0 Å². The van der Waals surface area contributed by atoms with Gasteiger partial charge in [-0.25, -0.2) is 15.0 Å². The normalized spacial score (nSPS) is 13.1. The van der Waals surface area contributed by atoms with E-state index in [1.807, 2.05) is 12.1 Å². The Morgan fingerprint density at radius 2 is 0.924 bits per heavy atom. The Morgan fingerprint density at radius 1 is 0.348 bits per heavy atom. The molecular formula is C60H37N3OS2. The molecule has 0 atom stereocenters. The van der Waals surface area contributed by atoms with Crippen molar-refractivity contribution in [1.82, 2.24) is 15.0 Å². The summed E-state index contributed by atoms with van der Waals surface area (Å²) in [5.41, 5.74) is 14.5. The first-order valence-electron chi connectivity index (χ1n) is 22.3. The van der Waals surface area contributed by atoms with E-state index in [1.54, 1.807) is 22.7 Å². The molecular weight excluding hydrogens is 843 g/mol. The van der Waals surface area contributed by atoms with E-state index < -0.39 is 0 Å². The van der Waals surface area contributed by atoms with Gasteiger partial charge in [0.25, 0.3) is 0 Å². The molecule has 0 N–H and O–H groups in total. The van der Waals surface area contributed by atoms with Crippen molar-refractivity contribution >= 4 is 85.0 Å². The molecule has 0 spiro atoms. The van der Waals surface area contributed by atoms with Crippen LogP contribution in [0, 0.1) is 0 Å². The quantitative estimate of drug-likeness (QED) is 0.173. The maximum atomic E-state index is 6.62. The number of benzene rings is 9. The van der Waals surface area contributed by atoms with Gasteiger partial charge in [-0.3, -0.25) is 0 Å².